The standard InChI is InChI=1S/C8H6ClF4N/c9-4-1-2-5(6(10)3-4)7(14)8(11,12)13/h1-3,7H,14H2. The molecule has 0 aliphatic carbocycles. The van der Waals surface area contributed by atoms with E-state index in [1.807, 2.05) is 0 Å². The molecule has 1 unspecified atom stereocenters. The molecule has 0 bridgehead atoms. The Morgan fingerprint density at radius 1 is 1.29 bits per heavy atom. The van der Waals surface area contributed by atoms with Gasteiger partial charge in [-0.2, -0.15) is 13.2 Å². The van der Waals surface area contributed by atoms with Crippen molar-refractivity contribution in [1.29, 1.82) is 0 Å². The molecule has 14 heavy (non-hydrogen) atoms. The van der Waals surface area contributed by atoms with Crippen LogP contribution >= 0.6 is 11.6 Å². The Bertz CT molecular complexity index is 337. The predicted molar refractivity (Wildman–Crippen MR) is 44.4 cm³/mol. The summed E-state index contributed by atoms with van der Waals surface area (Å²) < 4.78 is 49.2. The Labute approximate surface area is 82.5 Å². The van der Waals surface area contributed by atoms with Gasteiger partial charge in [0.15, 0.2) is 0 Å². The molecule has 1 aromatic rings. The molecule has 0 aromatic heterocycles. The summed E-state index contributed by atoms with van der Waals surface area (Å²) in [6.07, 6.45) is -4.66. The van der Waals surface area contributed by atoms with E-state index in [1.165, 1.54) is 0 Å². The highest BCUT2D eigenvalue weighted by atomic mass is 35.5. The van der Waals surface area contributed by atoms with Crippen LogP contribution in [0.1, 0.15) is 11.6 Å². The van der Waals surface area contributed by atoms with Gasteiger partial charge in [-0.05, 0) is 12.1 Å². The van der Waals surface area contributed by atoms with Crippen molar-refractivity contribution in [2.45, 2.75) is 12.2 Å². The number of halogens is 5. The Morgan fingerprint density at radius 2 is 1.86 bits per heavy atom. The van der Waals surface area contributed by atoms with Crippen molar-refractivity contribution in [2.24, 2.45) is 5.73 Å². The second kappa shape index (κ2) is 3.74. The van der Waals surface area contributed by atoms with Gasteiger partial charge < -0.3 is 5.73 Å². The molecule has 0 aliphatic rings. The molecule has 0 amide bonds. The zero-order valence-electron chi connectivity index (χ0n) is 6.78. The van der Waals surface area contributed by atoms with Crippen LogP contribution < -0.4 is 5.73 Å². The van der Waals surface area contributed by atoms with E-state index in [-0.39, 0.29) is 5.02 Å². The van der Waals surface area contributed by atoms with Crippen LogP contribution in [0.3, 0.4) is 0 Å². The molecule has 0 saturated carbocycles. The van der Waals surface area contributed by atoms with Gasteiger partial charge in [0.05, 0.1) is 0 Å². The molecule has 0 heterocycles. The number of alkyl halides is 3. The van der Waals surface area contributed by atoms with Crippen molar-refractivity contribution >= 4 is 11.6 Å². The number of benzene rings is 1. The van der Waals surface area contributed by atoms with Gasteiger partial charge in [-0.1, -0.05) is 17.7 Å². The van der Waals surface area contributed by atoms with Crippen LogP contribution in [0, 0.1) is 5.82 Å². The fourth-order valence-electron chi connectivity index (χ4n) is 0.930. The Morgan fingerprint density at radius 3 is 2.29 bits per heavy atom. The van der Waals surface area contributed by atoms with Crippen LogP contribution in [0.2, 0.25) is 5.02 Å². The fourth-order valence-corrected chi connectivity index (χ4v) is 1.09. The van der Waals surface area contributed by atoms with Crippen LogP contribution in [0.4, 0.5) is 17.6 Å². The first-order valence-electron chi connectivity index (χ1n) is 3.59. The van der Waals surface area contributed by atoms with Crippen molar-refractivity contribution in [3.05, 3.63) is 34.6 Å². The molecule has 2 N–H and O–H groups in total. The largest absolute Gasteiger partial charge is 0.407 e. The zero-order chi connectivity index (χ0) is 10.9. The maximum Gasteiger partial charge on any atom is 0.407 e. The van der Waals surface area contributed by atoms with E-state index in [4.69, 9.17) is 17.3 Å². The van der Waals surface area contributed by atoms with Crippen LogP contribution in [0.15, 0.2) is 18.2 Å². The number of hydrogen-bond acceptors (Lipinski definition) is 1. The third kappa shape index (κ3) is 2.36. The molecule has 1 atom stereocenters. The minimum Gasteiger partial charge on any atom is -0.316 e. The summed E-state index contributed by atoms with van der Waals surface area (Å²) in [4.78, 5) is 0. The molecular formula is C8H6ClF4N. The SMILES string of the molecule is NC(c1ccc(Cl)cc1F)C(F)(F)F. The molecule has 1 nitrogen and oxygen atoms in total. The third-order valence-corrected chi connectivity index (χ3v) is 1.89. The van der Waals surface area contributed by atoms with Gasteiger partial charge in [0, 0.05) is 10.6 Å². The number of hydrogen-bond donors (Lipinski definition) is 1. The minimum absolute atomic E-state index is 0.0284. The van der Waals surface area contributed by atoms with Crippen LogP contribution in [-0.4, -0.2) is 6.18 Å². The monoisotopic (exact) mass is 227 g/mol. The van der Waals surface area contributed by atoms with Gasteiger partial charge in [0.2, 0.25) is 0 Å². The van der Waals surface area contributed by atoms with E-state index in [0.29, 0.717) is 0 Å². The molecule has 0 radical (unpaired) electrons. The molecular weight excluding hydrogens is 222 g/mol. The van der Waals surface area contributed by atoms with Gasteiger partial charge in [-0.3, -0.25) is 0 Å². The average molecular weight is 228 g/mol. The molecule has 6 heteroatoms. The van der Waals surface area contributed by atoms with E-state index < -0.39 is 23.6 Å². The van der Waals surface area contributed by atoms with Crippen molar-refractivity contribution in [1.82, 2.24) is 0 Å². The lowest BCUT2D eigenvalue weighted by molar-refractivity contribution is -0.149. The average Bonchev–Trinajstić information content (AvgIpc) is 2.01. The normalized spacial score (nSPS) is 14.1. The number of nitrogens with two attached hydrogens (primary N) is 1. The van der Waals surface area contributed by atoms with Gasteiger partial charge >= 0.3 is 6.18 Å². The van der Waals surface area contributed by atoms with Crippen molar-refractivity contribution in [2.75, 3.05) is 0 Å². The topological polar surface area (TPSA) is 26.0 Å². The highest BCUT2D eigenvalue weighted by molar-refractivity contribution is 6.30. The summed E-state index contributed by atoms with van der Waals surface area (Å²) >= 11 is 5.37. The third-order valence-electron chi connectivity index (χ3n) is 1.65. The van der Waals surface area contributed by atoms with Crippen molar-refractivity contribution < 1.29 is 17.6 Å². The minimum atomic E-state index is -4.66. The fraction of sp³-hybridized carbons (Fsp3) is 0.250. The van der Waals surface area contributed by atoms with E-state index in [0.717, 1.165) is 18.2 Å². The van der Waals surface area contributed by atoms with E-state index >= 15 is 0 Å². The summed E-state index contributed by atoms with van der Waals surface area (Å²) in [6.45, 7) is 0. The highest BCUT2D eigenvalue weighted by Gasteiger charge is 2.39. The molecule has 0 spiro atoms. The smallest absolute Gasteiger partial charge is 0.316 e. The van der Waals surface area contributed by atoms with Crippen LogP contribution in [0.25, 0.3) is 0 Å². The predicted octanol–water partition coefficient (Wildman–Crippen LogP) is 3.04. The van der Waals surface area contributed by atoms with Crippen molar-refractivity contribution in [3.8, 4) is 0 Å². The van der Waals surface area contributed by atoms with Crippen molar-refractivity contribution in [3.63, 3.8) is 0 Å². The quantitative estimate of drug-likeness (QED) is 0.734. The first-order chi connectivity index (χ1) is 6.32. The molecule has 0 fully saturated rings. The lowest BCUT2D eigenvalue weighted by Gasteiger charge is -2.16. The first kappa shape index (κ1) is 11.3. The number of rotatable bonds is 1. The summed E-state index contributed by atoms with van der Waals surface area (Å²) in [6, 6.07) is 0.559. The molecule has 1 aromatic carbocycles. The molecule has 1 rings (SSSR count). The highest BCUT2D eigenvalue weighted by Crippen LogP contribution is 2.32. The van der Waals surface area contributed by atoms with Crippen LogP contribution in [-0.2, 0) is 0 Å². The maximum atomic E-state index is 13.0. The van der Waals surface area contributed by atoms with Crippen LogP contribution in [0.5, 0.6) is 0 Å². The second-order valence-electron chi connectivity index (χ2n) is 2.69. The van der Waals surface area contributed by atoms with Gasteiger partial charge in [0.25, 0.3) is 0 Å². The zero-order valence-corrected chi connectivity index (χ0v) is 7.53. The maximum absolute atomic E-state index is 13.0. The van der Waals surface area contributed by atoms with E-state index in [9.17, 15) is 17.6 Å². The molecule has 0 saturated heterocycles. The Hall–Kier alpha value is -0.810. The van der Waals surface area contributed by atoms with Gasteiger partial charge in [0.1, 0.15) is 11.9 Å². The molecule has 78 valence electrons. The lowest BCUT2D eigenvalue weighted by atomic mass is 10.1. The lowest BCUT2D eigenvalue weighted by Crippen LogP contribution is -2.29. The first-order valence-corrected chi connectivity index (χ1v) is 3.97. The van der Waals surface area contributed by atoms with Gasteiger partial charge in [-0.25, -0.2) is 4.39 Å². The van der Waals surface area contributed by atoms with Gasteiger partial charge in [-0.15, -0.1) is 0 Å². The molecule has 0 aliphatic heterocycles. The van der Waals surface area contributed by atoms with E-state index in [2.05, 4.69) is 0 Å². The summed E-state index contributed by atoms with van der Waals surface area (Å²) in [5.41, 5.74) is 4.21. The second-order valence-corrected chi connectivity index (χ2v) is 3.12. The van der Waals surface area contributed by atoms with E-state index in [1.54, 1.807) is 0 Å². The summed E-state index contributed by atoms with van der Waals surface area (Å²) in [7, 11) is 0. The Kier molecular flexibility index (Phi) is 3.01. The summed E-state index contributed by atoms with van der Waals surface area (Å²) in [5.74, 6) is -1.05. The Balaban J connectivity index is 3.08. The summed E-state index contributed by atoms with van der Waals surface area (Å²) in [5, 5.41) is 0.0284.